The molecule has 4 aromatic heterocycles. The number of thiazole rings is 1. The highest BCUT2D eigenvalue weighted by atomic mass is 32.1. The van der Waals surface area contributed by atoms with Crippen molar-refractivity contribution < 1.29 is 4.79 Å². The first kappa shape index (κ1) is 14.8. The van der Waals surface area contributed by atoms with Crippen molar-refractivity contribution >= 4 is 38.1 Å². The lowest BCUT2D eigenvalue weighted by molar-refractivity contribution is 0.102. The van der Waals surface area contributed by atoms with Crippen LogP contribution in [-0.2, 0) is 0 Å². The maximum absolute atomic E-state index is 12.5. The molecule has 0 saturated heterocycles. The fraction of sp³-hybridized carbons (Fsp3) is 0. The maximum Gasteiger partial charge on any atom is 0.275 e. The standard InChI is InChI=1S/C18H12N6OS/c25-17(21-12-5-6-16(20-9-12)23-8-7-19-11-23)13-10-24-14-3-1-2-4-15(14)26-18(24)22-13/h1-11H,(H,21,25). The van der Waals surface area contributed by atoms with Gasteiger partial charge >= 0.3 is 0 Å². The number of benzene rings is 1. The Bertz CT molecular complexity index is 1220. The average molecular weight is 360 g/mol. The van der Waals surface area contributed by atoms with Crippen LogP contribution in [0.5, 0.6) is 0 Å². The number of aromatic nitrogens is 5. The van der Waals surface area contributed by atoms with Gasteiger partial charge in [0.2, 0.25) is 0 Å². The van der Waals surface area contributed by atoms with E-state index in [1.807, 2.05) is 40.9 Å². The van der Waals surface area contributed by atoms with Crippen molar-refractivity contribution in [3.05, 3.63) is 73.2 Å². The number of imidazole rings is 2. The van der Waals surface area contributed by atoms with Crippen molar-refractivity contribution in [2.45, 2.75) is 0 Å². The van der Waals surface area contributed by atoms with E-state index < -0.39 is 0 Å². The molecule has 0 aliphatic rings. The predicted molar refractivity (Wildman–Crippen MR) is 99.9 cm³/mol. The Balaban J connectivity index is 1.40. The third-order valence-corrected chi connectivity index (χ3v) is 5.04. The molecule has 0 atom stereocenters. The van der Waals surface area contributed by atoms with Gasteiger partial charge in [-0.2, -0.15) is 0 Å². The second-order valence-corrected chi connectivity index (χ2v) is 6.69. The Labute approximate surface area is 151 Å². The number of fused-ring (bicyclic) bond motifs is 3. The number of para-hydroxylation sites is 1. The molecular weight excluding hydrogens is 348 g/mol. The summed E-state index contributed by atoms with van der Waals surface area (Å²) in [7, 11) is 0. The highest BCUT2D eigenvalue weighted by Crippen LogP contribution is 2.26. The summed E-state index contributed by atoms with van der Waals surface area (Å²) in [6.07, 6.45) is 8.54. The number of pyridine rings is 1. The van der Waals surface area contributed by atoms with Gasteiger partial charge in [0, 0.05) is 18.6 Å². The van der Waals surface area contributed by atoms with E-state index in [0.717, 1.165) is 21.0 Å². The Hall–Kier alpha value is -3.52. The maximum atomic E-state index is 12.5. The zero-order chi connectivity index (χ0) is 17.5. The van der Waals surface area contributed by atoms with Crippen molar-refractivity contribution in [3.63, 3.8) is 0 Å². The second-order valence-electron chi connectivity index (χ2n) is 5.68. The molecule has 4 heterocycles. The molecule has 7 nitrogen and oxygen atoms in total. The quantitative estimate of drug-likeness (QED) is 0.535. The van der Waals surface area contributed by atoms with Crippen LogP contribution in [0.15, 0.2) is 67.5 Å². The average Bonchev–Trinajstić information content (AvgIpc) is 3.38. The Morgan fingerprint density at radius 2 is 2.08 bits per heavy atom. The van der Waals surface area contributed by atoms with Gasteiger partial charge in [0.25, 0.3) is 5.91 Å². The highest BCUT2D eigenvalue weighted by molar-refractivity contribution is 7.23. The number of nitrogens with one attached hydrogen (secondary N) is 1. The molecule has 0 fully saturated rings. The van der Waals surface area contributed by atoms with Gasteiger partial charge in [0.1, 0.15) is 17.8 Å². The molecule has 1 amide bonds. The van der Waals surface area contributed by atoms with E-state index in [9.17, 15) is 4.79 Å². The molecule has 0 saturated carbocycles. The number of nitrogens with zero attached hydrogens (tertiary/aromatic N) is 5. The number of amides is 1. The van der Waals surface area contributed by atoms with Gasteiger partial charge in [0.05, 0.1) is 22.1 Å². The first-order chi connectivity index (χ1) is 12.8. The van der Waals surface area contributed by atoms with Crippen molar-refractivity contribution in [1.82, 2.24) is 23.9 Å². The summed E-state index contributed by atoms with van der Waals surface area (Å²) in [6.45, 7) is 0. The highest BCUT2D eigenvalue weighted by Gasteiger charge is 2.14. The van der Waals surface area contributed by atoms with E-state index in [1.54, 1.807) is 46.9 Å². The molecule has 1 aromatic carbocycles. The summed E-state index contributed by atoms with van der Waals surface area (Å²) < 4.78 is 4.87. The van der Waals surface area contributed by atoms with Gasteiger partial charge in [-0.05, 0) is 24.3 Å². The van der Waals surface area contributed by atoms with Crippen LogP contribution >= 0.6 is 11.3 Å². The number of anilines is 1. The van der Waals surface area contributed by atoms with E-state index in [-0.39, 0.29) is 5.91 Å². The minimum Gasteiger partial charge on any atom is -0.319 e. The van der Waals surface area contributed by atoms with Crippen molar-refractivity contribution in [2.24, 2.45) is 0 Å². The number of carbonyl (C=O) groups is 1. The van der Waals surface area contributed by atoms with E-state index in [0.29, 0.717) is 11.4 Å². The van der Waals surface area contributed by atoms with Crippen LogP contribution in [0.2, 0.25) is 0 Å². The van der Waals surface area contributed by atoms with Gasteiger partial charge in [-0.25, -0.2) is 15.0 Å². The fourth-order valence-corrected chi connectivity index (χ4v) is 3.77. The van der Waals surface area contributed by atoms with Crippen molar-refractivity contribution in [2.75, 3.05) is 5.32 Å². The number of rotatable bonds is 3. The second kappa shape index (κ2) is 5.78. The van der Waals surface area contributed by atoms with E-state index in [2.05, 4.69) is 20.3 Å². The number of hydrogen-bond acceptors (Lipinski definition) is 5. The van der Waals surface area contributed by atoms with Crippen LogP contribution in [-0.4, -0.2) is 29.8 Å². The zero-order valence-corrected chi connectivity index (χ0v) is 14.2. The molecule has 1 N–H and O–H groups in total. The first-order valence-electron chi connectivity index (χ1n) is 7.90. The summed E-state index contributed by atoms with van der Waals surface area (Å²) in [5.41, 5.74) is 2.03. The topological polar surface area (TPSA) is 77.1 Å². The largest absolute Gasteiger partial charge is 0.319 e. The lowest BCUT2D eigenvalue weighted by atomic mass is 10.3. The van der Waals surface area contributed by atoms with Crippen molar-refractivity contribution in [1.29, 1.82) is 0 Å². The summed E-state index contributed by atoms with van der Waals surface area (Å²) >= 11 is 1.56. The van der Waals surface area contributed by atoms with Gasteiger partial charge in [-0.1, -0.05) is 23.5 Å². The van der Waals surface area contributed by atoms with Gasteiger partial charge in [-0.3, -0.25) is 13.8 Å². The Kier molecular flexibility index (Phi) is 3.29. The van der Waals surface area contributed by atoms with Gasteiger partial charge in [0.15, 0.2) is 4.96 Å². The molecule has 5 aromatic rings. The van der Waals surface area contributed by atoms with Crippen LogP contribution in [0.1, 0.15) is 10.5 Å². The molecule has 0 radical (unpaired) electrons. The smallest absolute Gasteiger partial charge is 0.275 e. The molecule has 0 spiro atoms. The van der Waals surface area contributed by atoms with Crippen molar-refractivity contribution in [3.8, 4) is 5.82 Å². The van der Waals surface area contributed by atoms with Crippen LogP contribution in [0, 0.1) is 0 Å². The molecule has 0 unspecified atom stereocenters. The summed E-state index contributed by atoms with van der Waals surface area (Å²) in [5, 5.41) is 2.83. The third kappa shape index (κ3) is 2.44. The molecule has 8 heteroatoms. The van der Waals surface area contributed by atoms with Crippen LogP contribution in [0.4, 0.5) is 5.69 Å². The Morgan fingerprint density at radius 3 is 2.88 bits per heavy atom. The minimum atomic E-state index is -0.262. The van der Waals surface area contributed by atoms with Crippen LogP contribution < -0.4 is 5.32 Å². The van der Waals surface area contributed by atoms with E-state index in [4.69, 9.17) is 0 Å². The summed E-state index contributed by atoms with van der Waals surface area (Å²) in [5.74, 6) is 0.469. The third-order valence-electron chi connectivity index (χ3n) is 4.01. The normalized spacial score (nSPS) is 11.2. The fourth-order valence-electron chi connectivity index (χ4n) is 2.76. The molecule has 0 bridgehead atoms. The molecule has 126 valence electrons. The number of carbonyl (C=O) groups excluding carboxylic acids is 1. The van der Waals surface area contributed by atoms with E-state index >= 15 is 0 Å². The SMILES string of the molecule is O=C(Nc1ccc(-n2ccnc2)nc1)c1cn2c(n1)sc1ccccc12. The molecule has 5 rings (SSSR count). The molecular formula is C18H12N6OS. The van der Waals surface area contributed by atoms with Crippen LogP contribution in [0.25, 0.3) is 21.0 Å². The van der Waals surface area contributed by atoms with Gasteiger partial charge in [-0.15, -0.1) is 0 Å². The lowest BCUT2D eigenvalue weighted by Gasteiger charge is -2.04. The molecule has 26 heavy (non-hydrogen) atoms. The van der Waals surface area contributed by atoms with Gasteiger partial charge < -0.3 is 5.32 Å². The predicted octanol–water partition coefficient (Wildman–Crippen LogP) is 3.38. The monoisotopic (exact) mass is 360 g/mol. The number of hydrogen-bond donors (Lipinski definition) is 1. The minimum absolute atomic E-state index is 0.262. The molecule has 0 aliphatic carbocycles. The zero-order valence-electron chi connectivity index (χ0n) is 13.4. The van der Waals surface area contributed by atoms with E-state index in [1.165, 1.54) is 0 Å². The summed E-state index contributed by atoms with van der Waals surface area (Å²) in [4.78, 5) is 26.1. The molecule has 0 aliphatic heterocycles. The Morgan fingerprint density at radius 1 is 1.15 bits per heavy atom. The summed E-state index contributed by atoms with van der Waals surface area (Å²) in [6, 6.07) is 11.6. The lowest BCUT2D eigenvalue weighted by Crippen LogP contribution is -2.12. The first-order valence-corrected chi connectivity index (χ1v) is 8.72. The van der Waals surface area contributed by atoms with Crippen LogP contribution in [0.3, 0.4) is 0 Å².